The van der Waals surface area contributed by atoms with Gasteiger partial charge in [0.1, 0.15) is 0 Å². The summed E-state index contributed by atoms with van der Waals surface area (Å²) in [5.41, 5.74) is 0. The van der Waals surface area contributed by atoms with Crippen LogP contribution in [0, 0.1) is 23.7 Å². The number of nitrogens with zero attached hydrogens (tertiary/aromatic N) is 2. The molecule has 140 valence electrons. The van der Waals surface area contributed by atoms with Crippen LogP contribution in [0.15, 0.2) is 0 Å². The van der Waals surface area contributed by atoms with Crippen molar-refractivity contribution in [3.63, 3.8) is 0 Å². The Bertz CT molecular complexity index is 465. The largest absolute Gasteiger partial charge is 0.352 e. The minimum atomic E-state index is 0.259. The molecule has 0 spiro atoms. The highest BCUT2D eigenvalue weighted by atomic mass is 16.2. The molecule has 1 saturated heterocycles. The predicted molar refractivity (Wildman–Crippen MR) is 99.2 cm³/mol. The molecule has 1 heterocycles. The molecule has 0 aromatic heterocycles. The van der Waals surface area contributed by atoms with Crippen molar-refractivity contribution in [2.45, 2.75) is 69.9 Å². The highest BCUT2D eigenvalue weighted by molar-refractivity contribution is 5.78. The zero-order valence-corrected chi connectivity index (χ0v) is 15.7. The first-order chi connectivity index (χ1) is 12.2. The second-order valence-corrected chi connectivity index (χ2v) is 9.78. The third-order valence-electron chi connectivity index (χ3n) is 8.09. The van der Waals surface area contributed by atoms with E-state index in [2.05, 4.69) is 15.1 Å². The van der Waals surface area contributed by atoms with E-state index in [1.54, 1.807) is 6.42 Å². The van der Waals surface area contributed by atoms with Crippen LogP contribution in [0.1, 0.15) is 57.8 Å². The Hall–Kier alpha value is -0.610. The van der Waals surface area contributed by atoms with Gasteiger partial charge in [0.05, 0.1) is 6.54 Å². The molecule has 0 atom stereocenters. The summed E-state index contributed by atoms with van der Waals surface area (Å²) in [6, 6.07) is 1.34. The summed E-state index contributed by atoms with van der Waals surface area (Å²) in [5, 5.41) is 3.25. The molecule has 0 radical (unpaired) electrons. The quantitative estimate of drug-likeness (QED) is 0.850. The number of carbonyl (C=O) groups is 1. The molecule has 5 saturated carbocycles. The van der Waals surface area contributed by atoms with Crippen molar-refractivity contribution in [1.82, 2.24) is 15.1 Å². The zero-order valence-electron chi connectivity index (χ0n) is 15.7. The summed E-state index contributed by atoms with van der Waals surface area (Å²) < 4.78 is 0. The van der Waals surface area contributed by atoms with Gasteiger partial charge in [0.15, 0.2) is 0 Å². The Morgan fingerprint density at radius 3 is 2.04 bits per heavy atom. The van der Waals surface area contributed by atoms with E-state index < -0.39 is 0 Å². The number of rotatable bonds is 4. The monoisotopic (exact) mass is 345 g/mol. The molecular weight excluding hydrogens is 310 g/mol. The Balaban J connectivity index is 1.11. The second kappa shape index (κ2) is 6.84. The molecular formula is C21H35N3O. The average molecular weight is 346 g/mol. The third kappa shape index (κ3) is 3.37. The van der Waals surface area contributed by atoms with Gasteiger partial charge in [0, 0.05) is 38.3 Å². The van der Waals surface area contributed by atoms with Gasteiger partial charge in [-0.25, -0.2) is 0 Å². The van der Waals surface area contributed by atoms with Crippen LogP contribution >= 0.6 is 0 Å². The van der Waals surface area contributed by atoms with Gasteiger partial charge in [0.25, 0.3) is 0 Å². The summed E-state index contributed by atoms with van der Waals surface area (Å²) in [4.78, 5) is 17.5. The molecule has 25 heavy (non-hydrogen) atoms. The van der Waals surface area contributed by atoms with Crippen molar-refractivity contribution in [2.24, 2.45) is 23.7 Å². The molecule has 1 aliphatic heterocycles. The summed E-state index contributed by atoms with van der Waals surface area (Å²) >= 11 is 0. The summed E-state index contributed by atoms with van der Waals surface area (Å²) in [6.45, 7) is 5.15. The maximum atomic E-state index is 12.3. The van der Waals surface area contributed by atoms with Gasteiger partial charge >= 0.3 is 0 Å². The standard InChI is InChI=1S/C21H35N3O/c25-20(22-19-3-1-2-4-19)14-23-5-7-24(8-6-23)21-17-10-15-9-16(12-17)13-18(21)11-15/h15-19,21H,1-14H2,(H,22,25). The lowest BCUT2D eigenvalue weighted by Crippen LogP contribution is -2.60. The number of amides is 1. The molecule has 4 heteroatoms. The molecule has 0 aromatic rings. The first kappa shape index (κ1) is 16.6. The van der Waals surface area contributed by atoms with E-state index in [1.807, 2.05) is 0 Å². The lowest BCUT2D eigenvalue weighted by Gasteiger charge is -2.58. The maximum absolute atomic E-state index is 12.3. The van der Waals surface area contributed by atoms with E-state index in [0.717, 1.165) is 42.8 Å². The van der Waals surface area contributed by atoms with Gasteiger partial charge in [-0.3, -0.25) is 14.6 Å². The normalized spacial score (nSPS) is 42.2. The Kier molecular flexibility index (Phi) is 4.53. The molecule has 0 aromatic carbocycles. The van der Waals surface area contributed by atoms with Crippen LogP contribution in [-0.4, -0.2) is 60.5 Å². The Morgan fingerprint density at radius 2 is 1.44 bits per heavy atom. The molecule has 0 unspecified atom stereocenters. The van der Waals surface area contributed by atoms with Crippen molar-refractivity contribution in [3.8, 4) is 0 Å². The van der Waals surface area contributed by atoms with E-state index in [1.165, 1.54) is 64.5 Å². The number of piperazine rings is 1. The van der Waals surface area contributed by atoms with Crippen LogP contribution in [0.25, 0.3) is 0 Å². The van der Waals surface area contributed by atoms with Crippen LogP contribution in [0.2, 0.25) is 0 Å². The molecule has 4 nitrogen and oxygen atoms in total. The van der Waals surface area contributed by atoms with Crippen molar-refractivity contribution >= 4 is 5.91 Å². The molecule has 6 aliphatic rings. The molecule has 6 rings (SSSR count). The Labute approximate surface area is 152 Å². The number of carbonyl (C=O) groups excluding carboxylic acids is 1. The van der Waals surface area contributed by atoms with Gasteiger partial charge in [-0.05, 0) is 68.6 Å². The fraction of sp³-hybridized carbons (Fsp3) is 0.952. The van der Waals surface area contributed by atoms with Crippen LogP contribution in [-0.2, 0) is 4.79 Å². The van der Waals surface area contributed by atoms with Crippen LogP contribution in [0.3, 0.4) is 0 Å². The molecule has 5 aliphatic carbocycles. The summed E-state index contributed by atoms with van der Waals surface area (Å²) in [5.74, 6) is 4.38. The van der Waals surface area contributed by atoms with Gasteiger partial charge in [0.2, 0.25) is 5.91 Å². The highest BCUT2D eigenvalue weighted by Crippen LogP contribution is 2.55. The first-order valence-electron chi connectivity index (χ1n) is 11.0. The van der Waals surface area contributed by atoms with E-state index >= 15 is 0 Å². The van der Waals surface area contributed by atoms with Crippen molar-refractivity contribution in [3.05, 3.63) is 0 Å². The molecule has 1 amide bonds. The van der Waals surface area contributed by atoms with E-state index in [9.17, 15) is 4.79 Å². The predicted octanol–water partition coefficient (Wildman–Crippen LogP) is 2.49. The molecule has 6 fully saturated rings. The second-order valence-electron chi connectivity index (χ2n) is 9.78. The topological polar surface area (TPSA) is 35.6 Å². The number of nitrogens with one attached hydrogen (secondary N) is 1. The number of hydrogen-bond acceptors (Lipinski definition) is 3. The van der Waals surface area contributed by atoms with E-state index in [0.29, 0.717) is 12.6 Å². The summed E-state index contributed by atoms with van der Waals surface area (Å²) in [7, 11) is 0. The van der Waals surface area contributed by atoms with Crippen molar-refractivity contribution in [1.29, 1.82) is 0 Å². The fourth-order valence-electron chi connectivity index (χ4n) is 7.26. The Morgan fingerprint density at radius 1 is 0.840 bits per heavy atom. The smallest absolute Gasteiger partial charge is 0.234 e. The van der Waals surface area contributed by atoms with Crippen LogP contribution in [0.5, 0.6) is 0 Å². The van der Waals surface area contributed by atoms with Crippen molar-refractivity contribution < 1.29 is 4.79 Å². The minimum Gasteiger partial charge on any atom is -0.352 e. The lowest BCUT2D eigenvalue weighted by molar-refractivity contribution is -0.124. The van der Waals surface area contributed by atoms with Crippen molar-refractivity contribution in [2.75, 3.05) is 32.7 Å². The molecule has 1 N–H and O–H groups in total. The minimum absolute atomic E-state index is 0.259. The van der Waals surface area contributed by atoms with Gasteiger partial charge in [-0.15, -0.1) is 0 Å². The van der Waals surface area contributed by atoms with Gasteiger partial charge < -0.3 is 5.32 Å². The number of hydrogen-bond donors (Lipinski definition) is 1. The fourth-order valence-corrected chi connectivity index (χ4v) is 7.26. The summed E-state index contributed by atoms with van der Waals surface area (Å²) in [6.07, 6.45) is 12.6. The van der Waals surface area contributed by atoms with E-state index in [4.69, 9.17) is 0 Å². The lowest BCUT2D eigenvalue weighted by atomic mass is 9.54. The SMILES string of the molecule is O=C(CN1CCN(C2C3CC4CC(C3)CC2C4)CC1)NC1CCCC1. The van der Waals surface area contributed by atoms with Crippen LogP contribution < -0.4 is 5.32 Å². The van der Waals surface area contributed by atoms with Crippen LogP contribution in [0.4, 0.5) is 0 Å². The van der Waals surface area contributed by atoms with Gasteiger partial charge in [-0.2, -0.15) is 0 Å². The highest BCUT2D eigenvalue weighted by Gasteiger charge is 2.50. The zero-order chi connectivity index (χ0) is 16.8. The molecule has 4 bridgehead atoms. The maximum Gasteiger partial charge on any atom is 0.234 e. The van der Waals surface area contributed by atoms with E-state index in [-0.39, 0.29) is 5.91 Å². The third-order valence-corrected chi connectivity index (χ3v) is 8.09. The first-order valence-corrected chi connectivity index (χ1v) is 11.0. The van der Waals surface area contributed by atoms with Gasteiger partial charge in [-0.1, -0.05) is 12.8 Å². The average Bonchev–Trinajstić information content (AvgIpc) is 3.08.